The van der Waals surface area contributed by atoms with Crippen molar-refractivity contribution < 1.29 is 4.74 Å². The van der Waals surface area contributed by atoms with Crippen molar-refractivity contribution in [3.8, 4) is 16.9 Å². The summed E-state index contributed by atoms with van der Waals surface area (Å²) in [6, 6.07) is 18.3. The second-order valence-electron chi connectivity index (χ2n) is 7.00. The molecule has 0 fully saturated rings. The van der Waals surface area contributed by atoms with Gasteiger partial charge in [-0.05, 0) is 43.0 Å². The van der Waals surface area contributed by atoms with Crippen molar-refractivity contribution in [2.45, 2.75) is 31.8 Å². The number of benzene rings is 2. The summed E-state index contributed by atoms with van der Waals surface area (Å²) >= 11 is 3.14. The fourth-order valence-electron chi connectivity index (χ4n) is 3.36. The molecule has 0 aliphatic rings. The Morgan fingerprint density at radius 2 is 1.87 bits per heavy atom. The maximum atomic E-state index is 12.8. The van der Waals surface area contributed by atoms with E-state index in [9.17, 15) is 4.79 Å². The lowest BCUT2D eigenvalue weighted by atomic mass is 10.0. The molecule has 2 aromatic heterocycles. The maximum absolute atomic E-state index is 12.8. The average Bonchev–Trinajstić information content (AvgIpc) is 3.11. The fourth-order valence-corrected chi connectivity index (χ4v) is 5.24. The average molecular weight is 437 g/mol. The third-order valence-electron chi connectivity index (χ3n) is 4.91. The number of aromatic amines is 1. The van der Waals surface area contributed by atoms with Crippen molar-refractivity contribution in [3.05, 3.63) is 75.4 Å². The molecule has 0 unspecified atom stereocenters. The molecule has 154 valence electrons. The molecule has 2 aromatic carbocycles. The van der Waals surface area contributed by atoms with Crippen molar-refractivity contribution in [2.24, 2.45) is 0 Å². The smallest absolute Gasteiger partial charge is 0.260 e. The van der Waals surface area contributed by atoms with E-state index in [2.05, 4.69) is 24.0 Å². The van der Waals surface area contributed by atoms with E-state index in [-0.39, 0.29) is 5.56 Å². The van der Waals surface area contributed by atoms with Crippen LogP contribution in [0, 0.1) is 6.92 Å². The second-order valence-corrected chi connectivity index (χ2v) is 9.29. The van der Waals surface area contributed by atoms with Crippen molar-refractivity contribution in [3.63, 3.8) is 0 Å². The van der Waals surface area contributed by atoms with E-state index >= 15 is 0 Å². The molecular weight excluding hydrogens is 412 g/mol. The molecule has 4 rings (SSSR count). The number of nitrogens with one attached hydrogen (secondary N) is 1. The van der Waals surface area contributed by atoms with Gasteiger partial charge in [0.25, 0.3) is 5.56 Å². The second kappa shape index (κ2) is 9.49. The van der Waals surface area contributed by atoms with E-state index in [0.717, 1.165) is 45.2 Å². The Bertz CT molecular complexity index is 1180. The highest BCUT2D eigenvalue weighted by atomic mass is 32.2. The summed E-state index contributed by atoms with van der Waals surface area (Å²) in [6.07, 6.45) is 1.91. The van der Waals surface area contributed by atoms with Crippen molar-refractivity contribution in [1.82, 2.24) is 9.97 Å². The van der Waals surface area contributed by atoms with Crippen LogP contribution in [0.3, 0.4) is 0 Å². The summed E-state index contributed by atoms with van der Waals surface area (Å²) in [5.41, 5.74) is 3.28. The van der Waals surface area contributed by atoms with Crippen molar-refractivity contribution in [1.29, 1.82) is 0 Å². The number of thioether (sulfide) groups is 1. The Morgan fingerprint density at radius 3 is 2.60 bits per heavy atom. The molecule has 4 aromatic rings. The van der Waals surface area contributed by atoms with Gasteiger partial charge in [-0.15, -0.1) is 11.3 Å². The third-order valence-corrected chi connectivity index (χ3v) is 6.87. The van der Waals surface area contributed by atoms with Gasteiger partial charge in [0.2, 0.25) is 0 Å². The highest BCUT2D eigenvalue weighted by molar-refractivity contribution is 7.99. The number of aryl methyl sites for hydroxylation is 2. The van der Waals surface area contributed by atoms with Crippen LogP contribution in [-0.2, 0) is 6.42 Å². The zero-order chi connectivity index (χ0) is 20.9. The molecule has 0 aliphatic carbocycles. The van der Waals surface area contributed by atoms with E-state index in [1.165, 1.54) is 5.56 Å². The number of aromatic nitrogens is 2. The zero-order valence-corrected chi connectivity index (χ0v) is 18.7. The Labute approximate surface area is 184 Å². The first-order valence-electron chi connectivity index (χ1n) is 10.1. The van der Waals surface area contributed by atoms with Gasteiger partial charge in [-0.25, -0.2) is 4.98 Å². The number of ether oxygens (including phenoxy) is 1. The number of thiophene rings is 1. The minimum atomic E-state index is -0.0713. The van der Waals surface area contributed by atoms with Crippen LogP contribution in [0.15, 0.2) is 64.5 Å². The standard InChI is InChI=1S/C24H24N2O2S2/c1-3-17-10-12-19(13-11-17)28-14-7-15-29-24-25-22(27)21-20(16(2)30-23(21)26-24)18-8-5-4-6-9-18/h4-6,8-13H,3,7,14-15H2,1-2H3,(H,25,26,27). The summed E-state index contributed by atoms with van der Waals surface area (Å²) in [5, 5.41) is 1.35. The van der Waals surface area contributed by atoms with E-state index in [0.29, 0.717) is 17.1 Å². The van der Waals surface area contributed by atoms with Crippen LogP contribution in [0.2, 0.25) is 0 Å². The number of rotatable bonds is 8. The highest BCUT2D eigenvalue weighted by Crippen LogP contribution is 2.35. The van der Waals surface area contributed by atoms with Gasteiger partial charge in [0.05, 0.1) is 12.0 Å². The predicted octanol–water partition coefficient (Wildman–Crippen LogP) is 6.08. The molecule has 6 heteroatoms. The third kappa shape index (κ3) is 4.60. The first kappa shape index (κ1) is 20.7. The lowest BCUT2D eigenvalue weighted by Gasteiger charge is -2.07. The first-order chi connectivity index (χ1) is 14.7. The zero-order valence-electron chi connectivity index (χ0n) is 17.1. The Balaban J connectivity index is 1.40. The lowest BCUT2D eigenvalue weighted by Crippen LogP contribution is -2.09. The van der Waals surface area contributed by atoms with Gasteiger partial charge in [-0.1, -0.05) is 61.2 Å². The molecule has 2 heterocycles. The van der Waals surface area contributed by atoms with Gasteiger partial charge < -0.3 is 9.72 Å². The number of nitrogens with zero attached hydrogens (tertiary/aromatic N) is 1. The van der Waals surface area contributed by atoms with E-state index in [1.807, 2.05) is 49.4 Å². The van der Waals surface area contributed by atoms with Crippen LogP contribution >= 0.6 is 23.1 Å². The fraction of sp³-hybridized carbons (Fsp3) is 0.250. The number of hydrogen-bond acceptors (Lipinski definition) is 5. The van der Waals surface area contributed by atoms with E-state index in [4.69, 9.17) is 9.72 Å². The van der Waals surface area contributed by atoms with Gasteiger partial charge in [-0.2, -0.15) is 0 Å². The molecule has 0 bridgehead atoms. The minimum absolute atomic E-state index is 0.0713. The predicted molar refractivity (Wildman–Crippen MR) is 127 cm³/mol. The molecule has 30 heavy (non-hydrogen) atoms. The molecule has 0 saturated heterocycles. The van der Waals surface area contributed by atoms with Crippen LogP contribution in [0.25, 0.3) is 21.3 Å². The molecule has 0 amide bonds. The van der Waals surface area contributed by atoms with Crippen LogP contribution in [0.4, 0.5) is 0 Å². The van der Waals surface area contributed by atoms with Gasteiger partial charge in [0.15, 0.2) is 5.16 Å². The molecular formula is C24H24N2O2S2. The normalized spacial score (nSPS) is 11.1. The van der Waals surface area contributed by atoms with E-state index < -0.39 is 0 Å². The summed E-state index contributed by atoms with van der Waals surface area (Å²) in [4.78, 5) is 22.4. The van der Waals surface area contributed by atoms with Gasteiger partial charge in [-0.3, -0.25) is 4.79 Å². The maximum Gasteiger partial charge on any atom is 0.260 e. The van der Waals surface area contributed by atoms with Crippen LogP contribution in [0.5, 0.6) is 5.75 Å². The monoisotopic (exact) mass is 436 g/mol. The van der Waals surface area contributed by atoms with Crippen molar-refractivity contribution in [2.75, 3.05) is 12.4 Å². The summed E-state index contributed by atoms with van der Waals surface area (Å²) in [7, 11) is 0. The van der Waals surface area contributed by atoms with Crippen LogP contribution < -0.4 is 10.3 Å². The first-order valence-corrected chi connectivity index (χ1v) is 11.9. The van der Waals surface area contributed by atoms with Crippen LogP contribution in [-0.4, -0.2) is 22.3 Å². The molecule has 0 radical (unpaired) electrons. The van der Waals surface area contributed by atoms with Crippen LogP contribution in [0.1, 0.15) is 23.8 Å². The minimum Gasteiger partial charge on any atom is -0.494 e. The Morgan fingerprint density at radius 1 is 1.10 bits per heavy atom. The molecule has 0 atom stereocenters. The number of hydrogen-bond donors (Lipinski definition) is 1. The number of fused-ring (bicyclic) bond motifs is 1. The quantitative estimate of drug-likeness (QED) is 0.206. The molecule has 1 N–H and O–H groups in total. The molecule has 0 aliphatic heterocycles. The largest absolute Gasteiger partial charge is 0.494 e. The highest BCUT2D eigenvalue weighted by Gasteiger charge is 2.16. The molecule has 0 spiro atoms. The lowest BCUT2D eigenvalue weighted by molar-refractivity contribution is 0.318. The van der Waals surface area contributed by atoms with Gasteiger partial charge in [0, 0.05) is 16.2 Å². The SMILES string of the molecule is CCc1ccc(OCCCSc2nc3sc(C)c(-c4ccccc4)c3c(=O)[nH]2)cc1. The topological polar surface area (TPSA) is 55.0 Å². The molecule has 0 saturated carbocycles. The Kier molecular flexibility index (Phi) is 6.55. The van der Waals surface area contributed by atoms with Gasteiger partial charge >= 0.3 is 0 Å². The summed E-state index contributed by atoms with van der Waals surface area (Å²) < 4.78 is 5.80. The summed E-state index contributed by atoms with van der Waals surface area (Å²) in [5.74, 6) is 1.73. The molecule has 4 nitrogen and oxygen atoms in total. The summed E-state index contributed by atoms with van der Waals surface area (Å²) in [6.45, 7) is 4.83. The Hall–Kier alpha value is -2.57. The number of H-pyrrole nitrogens is 1. The van der Waals surface area contributed by atoms with Crippen molar-refractivity contribution >= 4 is 33.3 Å². The van der Waals surface area contributed by atoms with Gasteiger partial charge in [0.1, 0.15) is 10.6 Å². The van der Waals surface area contributed by atoms with E-state index in [1.54, 1.807) is 23.1 Å².